The van der Waals surface area contributed by atoms with Crippen molar-refractivity contribution in [3.05, 3.63) is 46.8 Å². The molecule has 0 bridgehead atoms. The van der Waals surface area contributed by atoms with E-state index in [0.29, 0.717) is 19.6 Å². The van der Waals surface area contributed by atoms with E-state index in [9.17, 15) is 8.78 Å². The number of ether oxygens (including phenoxy) is 1. The monoisotopic (exact) mass is 338 g/mol. The number of likely N-dealkylation sites (N-methyl/N-ethyl adjacent to an activating group) is 1. The van der Waals surface area contributed by atoms with Crippen molar-refractivity contribution in [2.45, 2.75) is 31.5 Å². The Kier molecular flexibility index (Phi) is 5.03. The summed E-state index contributed by atoms with van der Waals surface area (Å²) < 4.78 is 33.2. The zero-order valence-electron chi connectivity index (χ0n) is 13.8. The highest BCUT2D eigenvalue weighted by molar-refractivity contribution is 5.24. The first-order chi connectivity index (χ1) is 11.5. The van der Waals surface area contributed by atoms with Crippen molar-refractivity contribution in [3.8, 4) is 0 Å². The van der Waals surface area contributed by atoms with E-state index in [-0.39, 0.29) is 11.6 Å². The maximum atomic E-state index is 14.0. The minimum absolute atomic E-state index is 0.113. The number of nitrogens with zero attached hydrogens (tertiary/aromatic N) is 1. The molecule has 0 spiro atoms. The van der Waals surface area contributed by atoms with Crippen LogP contribution in [0.15, 0.2) is 29.6 Å². The van der Waals surface area contributed by atoms with Gasteiger partial charge in [-0.3, -0.25) is 4.90 Å². The number of benzene rings is 1. The van der Waals surface area contributed by atoms with E-state index < -0.39 is 23.8 Å². The lowest BCUT2D eigenvalue weighted by molar-refractivity contribution is -0.0466. The highest BCUT2D eigenvalue weighted by Crippen LogP contribution is 2.32. The normalized spacial score (nSPS) is 28.4. The topological polar surface area (TPSA) is 76.5 Å². The van der Waals surface area contributed by atoms with Gasteiger partial charge in [0, 0.05) is 48.7 Å². The van der Waals surface area contributed by atoms with Crippen molar-refractivity contribution in [2.24, 2.45) is 11.5 Å². The number of nitrogens with two attached hydrogens (primary N) is 2. The molecule has 7 heteroatoms. The van der Waals surface area contributed by atoms with Gasteiger partial charge in [0.05, 0.1) is 6.61 Å². The number of hydrogen-bond acceptors (Lipinski definition) is 5. The highest BCUT2D eigenvalue weighted by Gasteiger charge is 2.36. The lowest BCUT2D eigenvalue weighted by Gasteiger charge is -2.38. The van der Waals surface area contributed by atoms with Crippen LogP contribution in [-0.2, 0) is 4.74 Å². The van der Waals surface area contributed by atoms with Gasteiger partial charge in [-0.2, -0.15) is 0 Å². The molecule has 3 rings (SSSR count). The molecule has 132 valence electrons. The summed E-state index contributed by atoms with van der Waals surface area (Å²) in [6.07, 6.45) is 0.0194. The van der Waals surface area contributed by atoms with Gasteiger partial charge in [0.25, 0.3) is 0 Å². The molecule has 1 saturated heterocycles. The number of rotatable bonds is 4. The van der Waals surface area contributed by atoms with Crippen LogP contribution in [0.2, 0.25) is 0 Å². The van der Waals surface area contributed by atoms with E-state index in [0.717, 1.165) is 36.6 Å². The van der Waals surface area contributed by atoms with Crippen molar-refractivity contribution in [1.82, 2.24) is 10.2 Å². The number of halogens is 2. The first kappa shape index (κ1) is 17.1. The zero-order chi connectivity index (χ0) is 17.3. The van der Waals surface area contributed by atoms with E-state index in [4.69, 9.17) is 16.2 Å². The molecule has 2 aliphatic rings. The molecule has 2 heterocycles. The van der Waals surface area contributed by atoms with Crippen molar-refractivity contribution < 1.29 is 13.5 Å². The van der Waals surface area contributed by atoms with Gasteiger partial charge < -0.3 is 21.5 Å². The highest BCUT2D eigenvalue weighted by atomic mass is 19.1. The maximum absolute atomic E-state index is 14.0. The SMILES string of the molecule is CCNC1=C(N)CN([C@H]2CO[C@H](c3cc(F)ccc3F)[C@@H](N)C2)C1. The molecule has 0 unspecified atom stereocenters. The average molecular weight is 338 g/mol. The molecule has 1 aromatic carbocycles. The summed E-state index contributed by atoms with van der Waals surface area (Å²) in [5, 5.41) is 3.27. The van der Waals surface area contributed by atoms with Gasteiger partial charge in [0.2, 0.25) is 0 Å². The summed E-state index contributed by atoms with van der Waals surface area (Å²) in [5.41, 5.74) is 14.3. The lowest BCUT2D eigenvalue weighted by Crippen LogP contribution is -2.49. The van der Waals surface area contributed by atoms with Crippen molar-refractivity contribution in [2.75, 3.05) is 26.2 Å². The standard InChI is InChI=1S/C17H24F2N4O/c1-2-22-16-8-23(7-15(16)21)11-6-14(20)17(24-9-11)12-5-10(18)3-4-13(12)19/h3-5,11,14,17,22H,2,6-9,20-21H2,1H3/t11-,14+,17-/m1/s1. The smallest absolute Gasteiger partial charge is 0.129 e. The van der Waals surface area contributed by atoms with E-state index in [1.165, 1.54) is 6.07 Å². The third kappa shape index (κ3) is 3.38. The summed E-state index contributed by atoms with van der Waals surface area (Å²) >= 11 is 0. The molecule has 0 aliphatic carbocycles. The minimum atomic E-state index is -0.627. The van der Waals surface area contributed by atoms with Crippen molar-refractivity contribution in [3.63, 3.8) is 0 Å². The zero-order valence-corrected chi connectivity index (χ0v) is 13.8. The van der Waals surface area contributed by atoms with E-state index >= 15 is 0 Å². The molecule has 3 atom stereocenters. The van der Waals surface area contributed by atoms with Crippen LogP contribution in [0.25, 0.3) is 0 Å². The first-order valence-corrected chi connectivity index (χ1v) is 8.27. The Bertz CT molecular complexity index is 637. The van der Waals surface area contributed by atoms with Crippen LogP contribution < -0.4 is 16.8 Å². The van der Waals surface area contributed by atoms with Gasteiger partial charge in [-0.25, -0.2) is 8.78 Å². The van der Waals surface area contributed by atoms with Gasteiger partial charge in [-0.1, -0.05) is 0 Å². The van der Waals surface area contributed by atoms with Crippen molar-refractivity contribution >= 4 is 0 Å². The Hall–Kier alpha value is -1.70. The maximum Gasteiger partial charge on any atom is 0.129 e. The molecular weight excluding hydrogens is 314 g/mol. The fourth-order valence-corrected chi connectivity index (χ4v) is 3.47. The second-order valence-electron chi connectivity index (χ2n) is 6.41. The van der Waals surface area contributed by atoms with Gasteiger partial charge in [0.15, 0.2) is 0 Å². The largest absolute Gasteiger partial charge is 0.400 e. The molecule has 24 heavy (non-hydrogen) atoms. The van der Waals surface area contributed by atoms with Gasteiger partial charge in [-0.05, 0) is 31.5 Å². The van der Waals surface area contributed by atoms with Crippen LogP contribution in [0.3, 0.4) is 0 Å². The quantitative estimate of drug-likeness (QED) is 0.769. The Labute approximate surface area is 140 Å². The van der Waals surface area contributed by atoms with Crippen LogP contribution in [0, 0.1) is 11.6 Å². The Balaban J connectivity index is 1.65. The van der Waals surface area contributed by atoms with Gasteiger partial charge >= 0.3 is 0 Å². The van der Waals surface area contributed by atoms with E-state index in [1.807, 2.05) is 6.92 Å². The summed E-state index contributed by atoms with van der Waals surface area (Å²) in [6, 6.07) is 3.09. The molecule has 1 fully saturated rings. The summed E-state index contributed by atoms with van der Waals surface area (Å²) in [5.74, 6) is -0.979. The van der Waals surface area contributed by atoms with Crippen LogP contribution in [0.1, 0.15) is 25.0 Å². The summed E-state index contributed by atoms with van der Waals surface area (Å²) in [6.45, 7) is 4.68. The average Bonchev–Trinajstić information content (AvgIpc) is 2.91. The molecule has 0 saturated carbocycles. The van der Waals surface area contributed by atoms with Crippen LogP contribution in [0.5, 0.6) is 0 Å². The second-order valence-corrected chi connectivity index (χ2v) is 6.41. The Morgan fingerprint density at radius 1 is 1.33 bits per heavy atom. The lowest BCUT2D eigenvalue weighted by atomic mass is 9.93. The second kappa shape index (κ2) is 7.04. The van der Waals surface area contributed by atoms with Crippen LogP contribution in [0.4, 0.5) is 8.78 Å². The van der Waals surface area contributed by atoms with E-state index in [2.05, 4.69) is 10.2 Å². The molecule has 5 nitrogen and oxygen atoms in total. The minimum Gasteiger partial charge on any atom is -0.400 e. The van der Waals surface area contributed by atoms with Crippen LogP contribution in [-0.4, -0.2) is 43.2 Å². The molecule has 2 aliphatic heterocycles. The Morgan fingerprint density at radius 2 is 2.12 bits per heavy atom. The van der Waals surface area contributed by atoms with Gasteiger partial charge in [0.1, 0.15) is 17.7 Å². The predicted molar refractivity (Wildman–Crippen MR) is 87.9 cm³/mol. The van der Waals surface area contributed by atoms with E-state index in [1.54, 1.807) is 0 Å². The molecule has 1 aromatic rings. The fraction of sp³-hybridized carbons (Fsp3) is 0.529. The predicted octanol–water partition coefficient (Wildman–Crippen LogP) is 1.22. The summed E-state index contributed by atoms with van der Waals surface area (Å²) in [7, 11) is 0. The first-order valence-electron chi connectivity index (χ1n) is 8.27. The van der Waals surface area contributed by atoms with Gasteiger partial charge in [-0.15, -0.1) is 0 Å². The fourth-order valence-electron chi connectivity index (χ4n) is 3.47. The Morgan fingerprint density at radius 3 is 2.83 bits per heavy atom. The molecule has 0 amide bonds. The summed E-state index contributed by atoms with van der Waals surface area (Å²) in [4.78, 5) is 2.21. The molecule has 0 radical (unpaired) electrons. The molecule has 5 N–H and O–H groups in total. The van der Waals surface area contributed by atoms with Crippen LogP contribution >= 0.6 is 0 Å². The third-order valence-electron chi connectivity index (χ3n) is 4.69. The molecular formula is C17H24F2N4O. The number of hydrogen-bond donors (Lipinski definition) is 3. The van der Waals surface area contributed by atoms with Crippen molar-refractivity contribution in [1.29, 1.82) is 0 Å². The third-order valence-corrected chi connectivity index (χ3v) is 4.69. The molecule has 0 aromatic heterocycles. The number of nitrogens with one attached hydrogen (secondary N) is 1.